The second-order valence-corrected chi connectivity index (χ2v) is 11.6. The van der Waals surface area contributed by atoms with Crippen LogP contribution in [0.15, 0.2) is 0 Å². The Hall–Kier alpha value is -1.20. The number of hydrogen-bond acceptors (Lipinski definition) is 6. The molecule has 0 aromatic rings. The third kappa shape index (κ3) is 9.00. The summed E-state index contributed by atoms with van der Waals surface area (Å²) in [5, 5.41) is 17.2. The molecular formula is C19H36N4O4S2. The van der Waals surface area contributed by atoms with Gasteiger partial charge in [0.2, 0.25) is 24.1 Å². The Labute approximate surface area is 177 Å². The van der Waals surface area contributed by atoms with Gasteiger partial charge in [0.05, 0.1) is 12.1 Å². The van der Waals surface area contributed by atoms with Crippen LogP contribution >= 0.6 is 0 Å². The molecule has 0 saturated heterocycles. The fourth-order valence-electron chi connectivity index (χ4n) is 3.03. The Balaban J connectivity index is 5.64. The summed E-state index contributed by atoms with van der Waals surface area (Å²) in [5.74, 6) is 0. The molecule has 0 saturated carbocycles. The molecule has 0 atom stereocenters. The predicted octanol–water partition coefficient (Wildman–Crippen LogP) is 3.29. The normalized spacial score (nSPS) is 12.4. The summed E-state index contributed by atoms with van der Waals surface area (Å²) < 4.78 is 56.0. The topological polar surface area (TPSA) is 140 Å². The van der Waals surface area contributed by atoms with Crippen molar-refractivity contribution in [2.24, 2.45) is 0 Å². The number of unbranched alkanes of at least 4 members (excludes halogenated alkanes) is 6. The highest BCUT2D eigenvalue weighted by Gasteiger charge is 2.53. The van der Waals surface area contributed by atoms with Gasteiger partial charge in [0.15, 0.2) is 0 Å². The number of nitrogens with zero attached hydrogens (tertiary/aromatic N) is 2. The highest BCUT2D eigenvalue weighted by molar-refractivity contribution is 8.08. The molecule has 0 unspecified atom stereocenters. The van der Waals surface area contributed by atoms with E-state index in [-0.39, 0.29) is 25.9 Å². The maximum Gasteiger partial charge on any atom is 0.233 e. The van der Waals surface area contributed by atoms with Gasteiger partial charge < -0.3 is 0 Å². The highest BCUT2D eigenvalue weighted by Crippen LogP contribution is 2.35. The van der Waals surface area contributed by atoms with Crippen LogP contribution in [0.3, 0.4) is 0 Å². The molecular weight excluding hydrogens is 412 g/mol. The molecule has 8 nitrogen and oxygen atoms in total. The van der Waals surface area contributed by atoms with Crippen LogP contribution in [0.25, 0.3) is 0 Å². The van der Waals surface area contributed by atoms with Gasteiger partial charge in [0, 0.05) is 25.9 Å². The zero-order valence-corrected chi connectivity index (χ0v) is 19.4. The first-order chi connectivity index (χ1) is 13.7. The number of sulfonamides is 2. The van der Waals surface area contributed by atoms with Crippen molar-refractivity contribution in [3.63, 3.8) is 0 Å². The lowest BCUT2D eigenvalue weighted by molar-refractivity contribution is 0.471. The summed E-state index contributed by atoms with van der Waals surface area (Å²) in [6.45, 7) is 4.02. The minimum Gasteiger partial charge on any atom is -0.214 e. The minimum atomic E-state index is -4.16. The maximum absolute atomic E-state index is 13.2. The summed E-state index contributed by atoms with van der Waals surface area (Å²) in [7, 11) is -8.31. The van der Waals surface area contributed by atoms with Gasteiger partial charge in [-0.05, 0) is 38.5 Å². The van der Waals surface area contributed by atoms with E-state index < -0.39 is 24.1 Å². The molecule has 0 bridgehead atoms. The lowest BCUT2D eigenvalue weighted by atomic mass is 10.1. The Morgan fingerprint density at radius 3 is 1.38 bits per heavy atom. The first kappa shape index (κ1) is 27.8. The van der Waals surface area contributed by atoms with Crippen LogP contribution in [0.4, 0.5) is 0 Å². The molecule has 0 heterocycles. The monoisotopic (exact) mass is 448 g/mol. The lowest BCUT2D eigenvalue weighted by Crippen LogP contribution is -2.56. The molecule has 29 heavy (non-hydrogen) atoms. The summed E-state index contributed by atoms with van der Waals surface area (Å²) in [6, 6.07) is 4.02. The lowest BCUT2D eigenvalue weighted by Gasteiger charge is -2.33. The van der Waals surface area contributed by atoms with Crippen molar-refractivity contribution in [3.05, 3.63) is 0 Å². The van der Waals surface area contributed by atoms with E-state index in [9.17, 15) is 16.8 Å². The van der Waals surface area contributed by atoms with Gasteiger partial charge in [0.25, 0.3) is 0 Å². The standard InChI is InChI=1S/C19H36N4O4S2/c1-3-5-13-19(14-6-4-2,28(24,25)22-17-11-7-9-15-20)29(26,27)23-18-12-8-10-16-21/h22-23H,3-14,17-18H2,1-2H3. The Morgan fingerprint density at radius 2 is 1.07 bits per heavy atom. The van der Waals surface area contributed by atoms with Crippen molar-refractivity contribution < 1.29 is 16.8 Å². The average molecular weight is 449 g/mol. The van der Waals surface area contributed by atoms with E-state index in [1.807, 2.05) is 26.0 Å². The summed E-state index contributed by atoms with van der Waals surface area (Å²) in [5.41, 5.74) is 0. The first-order valence-electron chi connectivity index (χ1n) is 10.5. The van der Waals surface area contributed by atoms with Gasteiger partial charge >= 0.3 is 0 Å². The molecule has 0 aromatic carbocycles. The average Bonchev–Trinajstić information content (AvgIpc) is 2.67. The minimum absolute atomic E-state index is 0.0323. The molecule has 0 aromatic heterocycles. The fourth-order valence-corrected chi connectivity index (χ4v) is 7.55. The zero-order chi connectivity index (χ0) is 22.2. The van der Waals surface area contributed by atoms with E-state index in [0.717, 1.165) is 0 Å². The Morgan fingerprint density at radius 1 is 0.690 bits per heavy atom. The number of hydrogen-bond donors (Lipinski definition) is 2. The maximum atomic E-state index is 13.2. The van der Waals surface area contributed by atoms with E-state index in [0.29, 0.717) is 64.2 Å². The molecule has 0 rings (SSSR count). The molecule has 10 heteroatoms. The van der Waals surface area contributed by atoms with Gasteiger partial charge in [-0.3, -0.25) is 0 Å². The summed E-state index contributed by atoms with van der Waals surface area (Å²) in [6.07, 6.45) is 5.13. The SMILES string of the molecule is CCCCC(CCCC)(S(=O)(=O)NCCCCC#N)S(=O)(=O)NCCCCC#N. The van der Waals surface area contributed by atoms with Crippen LogP contribution in [-0.4, -0.2) is 34.0 Å². The van der Waals surface area contributed by atoms with Gasteiger partial charge in [-0.25, -0.2) is 26.3 Å². The molecule has 2 N–H and O–H groups in total. The molecule has 0 radical (unpaired) electrons. The van der Waals surface area contributed by atoms with Crippen molar-refractivity contribution >= 4 is 20.0 Å². The zero-order valence-electron chi connectivity index (χ0n) is 17.7. The van der Waals surface area contributed by atoms with Gasteiger partial charge in [-0.15, -0.1) is 0 Å². The second-order valence-electron chi connectivity index (χ2n) is 7.14. The number of nitriles is 2. The first-order valence-corrected chi connectivity index (χ1v) is 13.4. The van der Waals surface area contributed by atoms with E-state index in [2.05, 4.69) is 9.44 Å². The molecule has 0 fully saturated rings. The van der Waals surface area contributed by atoms with E-state index in [4.69, 9.17) is 10.5 Å². The van der Waals surface area contributed by atoms with E-state index in [1.54, 1.807) is 0 Å². The molecule has 0 amide bonds. The molecule has 0 aliphatic heterocycles. The van der Waals surface area contributed by atoms with E-state index >= 15 is 0 Å². The van der Waals surface area contributed by atoms with Crippen LogP contribution < -0.4 is 9.44 Å². The van der Waals surface area contributed by atoms with Crippen molar-refractivity contribution in [2.45, 2.75) is 95.0 Å². The molecule has 0 aliphatic carbocycles. The summed E-state index contributed by atoms with van der Waals surface area (Å²) in [4.78, 5) is 0. The van der Waals surface area contributed by atoms with Crippen molar-refractivity contribution in [3.8, 4) is 12.1 Å². The van der Waals surface area contributed by atoms with Crippen LogP contribution in [0.5, 0.6) is 0 Å². The largest absolute Gasteiger partial charge is 0.233 e. The van der Waals surface area contributed by atoms with Crippen LogP contribution in [-0.2, 0) is 20.0 Å². The predicted molar refractivity (Wildman–Crippen MR) is 115 cm³/mol. The van der Waals surface area contributed by atoms with Gasteiger partial charge in [0.1, 0.15) is 0 Å². The number of rotatable bonds is 18. The van der Waals surface area contributed by atoms with E-state index in [1.165, 1.54) is 0 Å². The second kappa shape index (κ2) is 14.7. The van der Waals surface area contributed by atoms with Crippen LogP contribution in [0, 0.1) is 22.7 Å². The van der Waals surface area contributed by atoms with Crippen molar-refractivity contribution in [2.75, 3.05) is 13.1 Å². The molecule has 168 valence electrons. The van der Waals surface area contributed by atoms with Crippen LogP contribution in [0.1, 0.15) is 90.9 Å². The van der Waals surface area contributed by atoms with Gasteiger partial charge in [-0.2, -0.15) is 10.5 Å². The molecule has 0 spiro atoms. The Bertz CT molecular complexity index is 673. The summed E-state index contributed by atoms with van der Waals surface area (Å²) >= 11 is 0. The quantitative estimate of drug-likeness (QED) is 0.308. The fraction of sp³-hybridized carbons (Fsp3) is 0.895. The third-order valence-electron chi connectivity index (χ3n) is 4.82. The number of nitrogens with one attached hydrogen (secondary N) is 2. The smallest absolute Gasteiger partial charge is 0.214 e. The Kier molecular flexibility index (Phi) is 14.1. The van der Waals surface area contributed by atoms with Crippen molar-refractivity contribution in [1.29, 1.82) is 10.5 Å². The van der Waals surface area contributed by atoms with Gasteiger partial charge in [-0.1, -0.05) is 39.5 Å². The highest BCUT2D eigenvalue weighted by atomic mass is 32.3. The third-order valence-corrected chi connectivity index (χ3v) is 10.1. The molecule has 0 aliphatic rings. The van der Waals surface area contributed by atoms with Crippen LogP contribution in [0.2, 0.25) is 0 Å². The van der Waals surface area contributed by atoms with Crippen molar-refractivity contribution in [1.82, 2.24) is 9.44 Å².